The lowest BCUT2D eigenvalue weighted by molar-refractivity contribution is 0.138. The van der Waals surface area contributed by atoms with Crippen molar-refractivity contribution in [2.24, 2.45) is 53.3 Å². The summed E-state index contributed by atoms with van der Waals surface area (Å²) in [5.74, 6) is 8.28. The first-order valence-corrected chi connectivity index (χ1v) is 12.1. The van der Waals surface area contributed by atoms with Crippen molar-refractivity contribution in [1.29, 1.82) is 0 Å². The van der Waals surface area contributed by atoms with E-state index >= 15 is 0 Å². The summed E-state index contributed by atoms with van der Waals surface area (Å²) >= 11 is 0. The first-order valence-electron chi connectivity index (χ1n) is 12.1. The van der Waals surface area contributed by atoms with Crippen LogP contribution in [0.15, 0.2) is 0 Å². The highest BCUT2D eigenvalue weighted by Crippen LogP contribution is 2.44. The normalized spacial score (nSPS) is 27.0. The molecule has 156 valence electrons. The molecule has 26 heavy (non-hydrogen) atoms. The molecule has 0 saturated heterocycles. The Morgan fingerprint density at radius 2 is 1.38 bits per heavy atom. The quantitative estimate of drug-likeness (QED) is 0.289. The molecule has 0 heterocycles. The van der Waals surface area contributed by atoms with E-state index in [2.05, 4.69) is 62.3 Å². The third-order valence-corrected chi connectivity index (χ3v) is 7.95. The predicted octanol–water partition coefficient (Wildman–Crippen LogP) is 8.85. The fourth-order valence-electron chi connectivity index (χ4n) is 5.15. The first-order chi connectivity index (χ1) is 12.1. The zero-order valence-corrected chi connectivity index (χ0v) is 19.9. The summed E-state index contributed by atoms with van der Waals surface area (Å²) < 4.78 is 0. The van der Waals surface area contributed by atoms with Gasteiger partial charge in [-0.15, -0.1) is 0 Å². The van der Waals surface area contributed by atoms with Crippen molar-refractivity contribution >= 4 is 0 Å². The van der Waals surface area contributed by atoms with Crippen LogP contribution in [0.3, 0.4) is 0 Å². The summed E-state index contributed by atoms with van der Waals surface area (Å²) in [5, 5.41) is 0. The monoisotopic (exact) mass is 364 g/mol. The second-order valence-electron chi connectivity index (χ2n) is 11.1. The summed E-state index contributed by atoms with van der Waals surface area (Å²) in [6, 6.07) is 0. The Morgan fingerprint density at radius 1 is 0.769 bits per heavy atom. The van der Waals surface area contributed by atoms with Crippen molar-refractivity contribution in [3.05, 3.63) is 0 Å². The van der Waals surface area contributed by atoms with Gasteiger partial charge in [0.25, 0.3) is 0 Å². The lowest BCUT2D eigenvalue weighted by Crippen LogP contribution is -2.27. The molecule has 0 bridgehead atoms. The number of hydrogen-bond acceptors (Lipinski definition) is 0. The second-order valence-corrected chi connectivity index (χ2v) is 11.1. The van der Waals surface area contributed by atoms with Crippen LogP contribution in [0.5, 0.6) is 0 Å². The Labute approximate surface area is 167 Å². The SMILES string of the molecule is CCC(C)CC(C)CC(C(C)CCC(C)C)C(C)C(C)CCC1CC1C. The molecule has 1 aliphatic rings. The van der Waals surface area contributed by atoms with Crippen LogP contribution in [0, 0.1) is 53.3 Å². The lowest BCUT2D eigenvalue weighted by atomic mass is 9.69. The van der Waals surface area contributed by atoms with E-state index in [1.165, 1.54) is 51.4 Å². The Hall–Kier alpha value is 0. The van der Waals surface area contributed by atoms with E-state index in [1.54, 1.807) is 0 Å². The fourth-order valence-corrected chi connectivity index (χ4v) is 5.15. The molecule has 0 nitrogen and oxygen atoms in total. The Kier molecular flexibility index (Phi) is 10.9. The molecule has 1 aliphatic carbocycles. The Bertz CT molecular complexity index is 357. The molecule has 0 spiro atoms. The topological polar surface area (TPSA) is 0 Å². The maximum atomic E-state index is 2.59. The minimum absolute atomic E-state index is 0.847. The maximum absolute atomic E-state index is 2.59. The molecule has 1 saturated carbocycles. The highest BCUT2D eigenvalue weighted by atomic mass is 14.4. The molecule has 0 radical (unpaired) electrons. The van der Waals surface area contributed by atoms with Crippen molar-refractivity contribution in [2.45, 2.75) is 114 Å². The molecule has 1 rings (SSSR count). The lowest BCUT2D eigenvalue weighted by Gasteiger charge is -2.36. The highest BCUT2D eigenvalue weighted by molar-refractivity contribution is 4.84. The summed E-state index contributed by atoms with van der Waals surface area (Å²) in [7, 11) is 0. The van der Waals surface area contributed by atoms with Crippen molar-refractivity contribution in [1.82, 2.24) is 0 Å². The Morgan fingerprint density at radius 3 is 1.88 bits per heavy atom. The molecule has 0 aromatic carbocycles. The molecule has 8 atom stereocenters. The van der Waals surface area contributed by atoms with Crippen LogP contribution in [-0.4, -0.2) is 0 Å². The summed E-state index contributed by atoms with van der Waals surface area (Å²) in [4.78, 5) is 0. The largest absolute Gasteiger partial charge is 0.0651 e. The van der Waals surface area contributed by atoms with Gasteiger partial charge in [0, 0.05) is 0 Å². The van der Waals surface area contributed by atoms with Crippen LogP contribution in [0.4, 0.5) is 0 Å². The zero-order valence-electron chi connectivity index (χ0n) is 19.9. The van der Waals surface area contributed by atoms with E-state index < -0.39 is 0 Å². The molecule has 0 amide bonds. The third-order valence-electron chi connectivity index (χ3n) is 7.95. The van der Waals surface area contributed by atoms with Crippen molar-refractivity contribution < 1.29 is 0 Å². The van der Waals surface area contributed by atoms with E-state index in [4.69, 9.17) is 0 Å². The third kappa shape index (κ3) is 8.79. The van der Waals surface area contributed by atoms with Crippen LogP contribution < -0.4 is 0 Å². The molecule has 0 N–H and O–H groups in total. The molecule has 1 fully saturated rings. The van der Waals surface area contributed by atoms with Gasteiger partial charge in [0.15, 0.2) is 0 Å². The van der Waals surface area contributed by atoms with Crippen LogP contribution in [-0.2, 0) is 0 Å². The second kappa shape index (κ2) is 11.8. The van der Waals surface area contributed by atoms with Gasteiger partial charge in [0.1, 0.15) is 0 Å². The highest BCUT2D eigenvalue weighted by Gasteiger charge is 2.34. The average molecular weight is 365 g/mol. The molecular weight excluding hydrogens is 312 g/mol. The number of rotatable bonds is 14. The summed E-state index contributed by atoms with van der Waals surface area (Å²) in [5.41, 5.74) is 0. The van der Waals surface area contributed by atoms with Gasteiger partial charge in [-0.25, -0.2) is 0 Å². The first kappa shape index (κ1) is 24.0. The molecule has 0 aromatic rings. The average Bonchev–Trinajstić information content (AvgIpc) is 3.29. The molecular formula is C26H52. The molecule has 8 unspecified atom stereocenters. The van der Waals surface area contributed by atoms with E-state index in [1.807, 2.05) is 0 Å². The number of hydrogen-bond donors (Lipinski definition) is 0. The Balaban J connectivity index is 2.63. The van der Waals surface area contributed by atoms with Crippen LogP contribution in [0.1, 0.15) is 114 Å². The van der Waals surface area contributed by atoms with Crippen molar-refractivity contribution in [2.75, 3.05) is 0 Å². The molecule has 0 aromatic heterocycles. The van der Waals surface area contributed by atoms with Crippen molar-refractivity contribution in [3.63, 3.8) is 0 Å². The van der Waals surface area contributed by atoms with Crippen molar-refractivity contribution in [3.8, 4) is 0 Å². The van der Waals surface area contributed by atoms with Gasteiger partial charge in [-0.05, 0) is 78.9 Å². The fraction of sp³-hybridized carbons (Fsp3) is 1.00. The van der Waals surface area contributed by atoms with Gasteiger partial charge in [-0.1, -0.05) is 88.0 Å². The van der Waals surface area contributed by atoms with E-state index in [-0.39, 0.29) is 0 Å². The van der Waals surface area contributed by atoms with E-state index in [0.29, 0.717) is 0 Å². The van der Waals surface area contributed by atoms with Crippen LogP contribution in [0.2, 0.25) is 0 Å². The van der Waals surface area contributed by atoms with E-state index in [9.17, 15) is 0 Å². The molecule has 0 aliphatic heterocycles. The molecule has 0 heteroatoms. The maximum Gasteiger partial charge on any atom is -0.0358 e. The van der Waals surface area contributed by atoms with Gasteiger partial charge >= 0.3 is 0 Å². The summed E-state index contributed by atoms with van der Waals surface area (Å²) in [6.07, 6.45) is 11.5. The van der Waals surface area contributed by atoms with Gasteiger partial charge in [-0.2, -0.15) is 0 Å². The minimum atomic E-state index is 0.847. The van der Waals surface area contributed by atoms with Gasteiger partial charge in [0.2, 0.25) is 0 Å². The standard InChI is InChI=1S/C26H52/c1-10-19(4)15-20(5)16-26(22(7)12-11-18(2)3)24(9)21(6)13-14-25-17-23(25)8/h18-26H,10-17H2,1-9H3. The summed E-state index contributed by atoms with van der Waals surface area (Å²) in [6.45, 7) is 22.2. The van der Waals surface area contributed by atoms with Crippen LogP contribution >= 0.6 is 0 Å². The van der Waals surface area contributed by atoms with Crippen LogP contribution in [0.25, 0.3) is 0 Å². The van der Waals surface area contributed by atoms with Gasteiger partial charge in [-0.3, -0.25) is 0 Å². The van der Waals surface area contributed by atoms with Gasteiger partial charge in [0.05, 0.1) is 0 Å². The van der Waals surface area contributed by atoms with Gasteiger partial charge < -0.3 is 0 Å². The minimum Gasteiger partial charge on any atom is -0.0651 e. The zero-order chi connectivity index (χ0) is 19.9. The van der Waals surface area contributed by atoms with E-state index in [0.717, 1.165) is 53.3 Å². The predicted molar refractivity (Wildman–Crippen MR) is 119 cm³/mol. The smallest absolute Gasteiger partial charge is 0.0358 e.